The van der Waals surface area contributed by atoms with E-state index in [9.17, 15) is 4.79 Å². The third-order valence-corrected chi connectivity index (χ3v) is 2.60. The number of carbonyl (C=O) groups is 1. The molecule has 0 amide bonds. The summed E-state index contributed by atoms with van der Waals surface area (Å²) in [6.45, 7) is 1.79. The van der Waals surface area contributed by atoms with E-state index < -0.39 is 0 Å². The number of nitrogen functional groups attached to an aromatic ring is 1. The Balaban J connectivity index is 3.14. The van der Waals surface area contributed by atoms with Gasteiger partial charge in [0, 0.05) is 17.1 Å². The molecule has 0 aromatic heterocycles. The van der Waals surface area contributed by atoms with Gasteiger partial charge in [-0.25, -0.2) is 0 Å². The Hall–Kier alpha value is -0.540. The summed E-state index contributed by atoms with van der Waals surface area (Å²) in [5, 5.41) is 0. The van der Waals surface area contributed by atoms with E-state index in [2.05, 4.69) is 15.9 Å². The number of Topliss-reactive ketones (excluding diaryl/α,β-unsaturated/α-hetero) is 1. The normalized spacial score (nSPS) is 12.5. The van der Waals surface area contributed by atoms with Crippen molar-refractivity contribution in [1.29, 1.82) is 0 Å². The van der Waals surface area contributed by atoms with Crippen molar-refractivity contribution in [3.05, 3.63) is 29.3 Å². The molecule has 0 aliphatic carbocycles. The smallest absolute Gasteiger partial charge is 0.176 e. The lowest BCUT2D eigenvalue weighted by Crippen LogP contribution is -2.12. The van der Waals surface area contributed by atoms with Gasteiger partial charge in [-0.3, -0.25) is 4.79 Å². The predicted molar refractivity (Wildman–Crippen MR) is 63.1 cm³/mol. The maximum atomic E-state index is 11.7. The van der Waals surface area contributed by atoms with Crippen LogP contribution in [0.25, 0.3) is 0 Å². The standard InChI is InChI=1S/C10H11BrClNO/c1-6(11)10(14)9-3-2-8(13)4-7(9)5-12/h2-4,6H,5,13H2,1H3. The van der Waals surface area contributed by atoms with Gasteiger partial charge in [0.25, 0.3) is 0 Å². The van der Waals surface area contributed by atoms with Crippen molar-refractivity contribution >= 4 is 39.0 Å². The minimum atomic E-state index is -0.201. The molecular weight excluding hydrogens is 265 g/mol. The SMILES string of the molecule is CC(Br)C(=O)c1ccc(N)cc1CCl. The van der Waals surface area contributed by atoms with E-state index in [0.717, 1.165) is 5.56 Å². The molecule has 0 aliphatic rings. The second-order valence-corrected chi connectivity index (χ2v) is 4.67. The van der Waals surface area contributed by atoms with Crippen LogP contribution in [-0.2, 0) is 5.88 Å². The number of nitrogens with two attached hydrogens (primary N) is 1. The molecule has 2 nitrogen and oxygen atoms in total. The zero-order chi connectivity index (χ0) is 10.7. The Morgan fingerprint density at radius 1 is 1.64 bits per heavy atom. The first-order chi connectivity index (χ1) is 6.56. The first-order valence-corrected chi connectivity index (χ1v) is 5.64. The molecular formula is C10H11BrClNO. The van der Waals surface area contributed by atoms with Crippen LogP contribution in [-0.4, -0.2) is 10.6 Å². The number of alkyl halides is 2. The number of carbonyl (C=O) groups excluding carboxylic acids is 1. The van der Waals surface area contributed by atoms with Gasteiger partial charge < -0.3 is 5.73 Å². The van der Waals surface area contributed by atoms with E-state index in [1.165, 1.54) is 0 Å². The minimum Gasteiger partial charge on any atom is -0.399 e. The van der Waals surface area contributed by atoms with E-state index in [-0.39, 0.29) is 10.6 Å². The lowest BCUT2D eigenvalue weighted by Gasteiger charge is -2.08. The molecule has 1 rings (SSSR count). The maximum Gasteiger partial charge on any atom is 0.176 e. The molecule has 0 saturated carbocycles. The molecule has 0 spiro atoms. The number of hydrogen-bond donors (Lipinski definition) is 1. The fourth-order valence-corrected chi connectivity index (χ4v) is 1.65. The maximum absolute atomic E-state index is 11.7. The van der Waals surface area contributed by atoms with E-state index in [1.807, 2.05) is 0 Å². The molecule has 1 aromatic rings. The van der Waals surface area contributed by atoms with Gasteiger partial charge in [-0.1, -0.05) is 15.9 Å². The molecule has 1 unspecified atom stereocenters. The molecule has 4 heteroatoms. The summed E-state index contributed by atoms with van der Waals surface area (Å²) >= 11 is 8.96. The van der Waals surface area contributed by atoms with Crippen molar-refractivity contribution in [2.75, 3.05) is 5.73 Å². The molecule has 0 fully saturated rings. The van der Waals surface area contributed by atoms with Crippen molar-refractivity contribution in [2.45, 2.75) is 17.6 Å². The molecule has 0 aliphatic heterocycles. The Bertz CT molecular complexity index is 352. The largest absolute Gasteiger partial charge is 0.399 e. The Labute approximate surface area is 96.6 Å². The molecule has 1 aromatic carbocycles. The quantitative estimate of drug-likeness (QED) is 0.524. The summed E-state index contributed by atoms with van der Waals surface area (Å²) in [5.74, 6) is 0.326. The first-order valence-electron chi connectivity index (χ1n) is 4.19. The van der Waals surface area contributed by atoms with Gasteiger partial charge in [0.05, 0.1) is 4.83 Å². The highest BCUT2D eigenvalue weighted by Crippen LogP contribution is 2.19. The summed E-state index contributed by atoms with van der Waals surface area (Å²) in [7, 11) is 0. The Morgan fingerprint density at radius 2 is 2.29 bits per heavy atom. The average Bonchev–Trinajstić information content (AvgIpc) is 2.16. The zero-order valence-electron chi connectivity index (χ0n) is 7.76. The summed E-state index contributed by atoms with van der Waals surface area (Å²) in [6.07, 6.45) is 0. The molecule has 2 N–H and O–H groups in total. The Kier molecular flexibility index (Phi) is 3.96. The molecule has 1 atom stereocenters. The highest BCUT2D eigenvalue weighted by atomic mass is 79.9. The van der Waals surface area contributed by atoms with Gasteiger partial charge in [-0.05, 0) is 30.7 Å². The first kappa shape index (κ1) is 11.5. The predicted octanol–water partition coefficient (Wildman–Crippen LogP) is 2.97. The topological polar surface area (TPSA) is 43.1 Å². The van der Waals surface area contributed by atoms with E-state index >= 15 is 0 Å². The minimum absolute atomic E-state index is 0.0284. The highest BCUT2D eigenvalue weighted by molar-refractivity contribution is 9.10. The van der Waals surface area contributed by atoms with Crippen molar-refractivity contribution in [1.82, 2.24) is 0 Å². The van der Waals surface area contributed by atoms with Crippen LogP contribution in [0.4, 0.5) is 5.69 Å². The zero-order valence-corrected chi connectivity index (χ0v) is 10.1. The van der Waals surface area contributed by atoms with Gasteiger partial charge >= 0.3 is 0 Å². The average molecular weight is 277 g/mol. The fourth-order valence-electron chi connectivity index (χ4n) is 1.18. The van der Waals surface area contributed by atoms with Crippen LogP contribution >= 0.6 is 27.5 Å². The van der Waals surface area contributed by atoms with Crippen LogP contribution in [0.2, 0.25) is 0 Å². The monoisotopic (exact) mass is 275 g/mol. The van der Waals surface area contributed by atoms with E-state index in [1.54, 1.807) is 25.1 Å². The van der Waals surface area contributed by atoms with Crippen molar-refractivity contribution < 1.29 is 4.79 Å². The van der Waals surface area contributed by atoms with Crippen LogP contribution in [0.5, 0.6) is 0 Å². The lowest BCUT2D eigenvalue weighted by molar-refractivity contribution is 0.0995. The van der Waals surface area contributed by atoms with E-state index in [0.29, 0.717) is 17.1 Å². The second-order valence-electron chi connectivity index (χ2n) is 3.03. The van der Waals surface area contributed by atoms with Crippen LogP contribution in [0.1, 0.15) is 22.8 Å². The fraction of sp³-hybridized carbons (Fsp3) is 0.300. The van der Waals surface area contributed by atoms with Crippen molar-refractivity contribution in [3.8, 4) is 0 Å². The van der Waals surface area contributed by atoms with Crippen molar-refractivity contribution in [3.63, 3.8) is 0 Å². The molecule has 0 radical (unpaired) electrons. The number of ketones is 1. The number of halogens is 2. The van der Waals surface area contributed by atoms with Crippen molar-refractivity contribution in [2.24, 2.45) is 0 Å². The molecule has 0 heterocycles. The van der Waals surface area contributed by atoms with Gasteiger partial charge in [0.1, 0.15) is 0 Å². The lowest BCUT2D eigenvalue weighted by atomic mass is 10.0. The number of hydrogen-bond acceptors (Lipinski definition) is 2. The summed E-state index contributed by atoms with van der Waals surface area (Å²) < 4.78 is 0. The van der Waals surface area contributed by atoms with Crippen LogP contribution in [0.15, 0.2) is 18.2 Å². The highest BCUT2D eigenvalue weighted by Gasteiger charge is 2.15. The van der Waals surface area contributed by atoms with Crippen LogP contribution < -0.4 is 5.73 Å². The third kappa shape index (κ3) is 2.49. The van der Waals surface area contributed by atoms with Gasteiger partial charge in [-0.2, -0.15) is 0 Å². The number of rotatable bonds is 3. The van der Waals surface area contributed by atoms with Crippen LogP contribution in [0.3, 0.4) is 0 Å². The Morgan fingerprint density at radius 3 is 2.79 bits per heavy atom. The van der Waals surface area contributed by atoms with Gasteiger partial charge in [0.2, 0.25) is 0 Å². The molecule has 0 saturated heterocycles. The summed E-state index contributed by atoms with van der Waals surface area (Å²) in [4.78, 5) is 11.5. The van der Waals surface area contributed by atoms with Crippen LogP contribution in [0, 0.1) is 0 Å². The number of benzene rings is 1. The van der Waals surface area contributed by atoms with Gasteiger partial charge in [0.15, 0.2) is 5.78 Å². The third-order valence-electron chi connectivity index (χ3n) is 1.90. The second kappa shape index (κ2) is 4.80. The summed E-state index contributed by atoms with van der Waals surface area (Å²) in [5.41, 5.74) is 7.64. The summed E-state index contributed by atoms with van der Waals surface area (Å²) in [6, 6.07) is 5.15. The number of anilines is 1. The van der Waals surface area contributed by atoms with Gasteiger partial charge in [-0.15, -0.1) is 11.6 Å². The molecule has 14 heavy (non-hydrogen) atoms. The molecule has 0 bridgehead atoms. The molecule has 76 valence electrons. The van der Waals surface area contributed by atoms with E-state index in [4.69, 9.17) is 17.3 Å².